The molecule has 2 aromatic rings. The SMILES string of the molecule is CCSN[C@@H]1[C@H](Cc2cccc(-c3cccc(F)c3)c2F)N(C(=O)C2(O)CCC2)CC1(F)F. The van der Waals surface area contributed by atoms with E-state index in [1.807, 2.05) is 6.92 Å². The molecule has 4 rings (SSSR count). The largest absolute Gasteiger partial charge is 0.380 e. The summed E-state index contributed by atoms with van der Waals surface area (Å²) < 4.78 is 61.9. The average Bonchev–Trinajstić information content (AvgIpc) is 3.01. The molecule has 2 aliphatic rings. The number of alkyl halides is 2. The fourth-order valence-corrected chi connectivity index (χ4v) is 5.20. The van der Waals surface area contributed by atoms with Gasteiger partial charge in [-0.05, 0) is 48.9 Å². The number of benzene rings is 2. The minimum absolute atomic E-state index is 0.145. The number of carbonyl (C=O) groups excluding carboxylic acids is 1. The second kappa shape index (κ2) is 9.27. The second-order valence-corrected chi connectivity index (χ2v) is 9.77. The number of rotatable bonds is 7. The van der Waals surface area contributed by atoms with Crippen LogP contribution in [0.4, 0.5) is 17.6 Å². The van der Waals surface area contributed by atoms with Crippen molar-refractivity contribution in [3.05, 3.63) is 59.7 Å². The molecule has 9 heteroatoms. The van der Waals surface area contributed by atoms with Crippen LogP contribution in [0.1, 0.15) is 31.7 Å². The molecular formula is C24H26F4N2O2S. The van der Waals surface area contributed by atoms with Crippen molar-refractivity contribution in [1.82, 2.24) is 9.62 Å². The van der Waals surface area contributed by atoms with Crippen molar-refractivity contribution in [2.75, 3.05) is 12.3 Å². The first-order valence-electron chi connectivity index (χ1n) is 11.0. The van der Waals surface area contributed by atoms with Crippen LogP contribution in [0.3, 0.4) is 0 Å². The molecule has 0 bridgehead atoms. The third-order valence-corrected chi connectivity index (χ3v) is 7.17. The number of hydrogen-bond acceptors (Lipinski definition) is 4. The maximum absolute atomic E-state index is 15.5. The Morgan fingerprint density at radius 1 is 1.21 bits per heavy atom. The van der Waals surface area contributed by atoms with Gasteiger partial charge < -0.3 is 10.0 Å². The lowest BCUT2D eigenvalue weighted by atomic mass is 9.79. The van der Waals surface area contributed by atoms with Gasteiger partial charge in [-0.25, -0.2) is 17.6 Å². The zero-order valence-electron chi connectivity index (χ0n) is 18.2. The molecule has 0 unspecified atom stereocenters. The zero-order chi connectivity index (χ0) is 23.8. The number of halogens is 4. The molecule has 1 saturated heterocycles. The molecule has 4 nitrogen and oxygen atoms in total. The summed E-state index contributed by atoms with van der Waals surface area (Å²) in [5.74, 6) is -4.61. The third kappa shape index (κ3) is 4.63. The maximum Gasteiger partial charge on any atom is 0.283 e. The van der Waals surface area contributed by atoms with Crippen LogP contribution in [-0.4, -0.2) is 51.8 Å². The quantitative estimate of drug-likeness (QED) is 0.449. The summed E-state index contributed by atoms with van der Waals surface area (Å²) in [6.07, 6.45) is 0.931. The first-order chi connectivity index (χ1) is 15.7. The highest BCUT2D eigenvalue weighted by molar-refractivity contribution is 7.97. The highest BCUT2D eigenvalue weighted by Crippen LogP contribution is 2.41. The molecule has 178 valence electrons. The molecule has 0 aromatic heterocycles. The van der Waals surface area contributed by atoms with Gasteiger partial charge in [0.2, 0.25) is 0 Å². The van der Waals surface area contributed by atoms with E-state index >= 15 is 13.2 Å². The van der Waals surface area contributed by atoms with Crippen molar-refractivity contribution in [1.29, 1.82) is 0 Å². The Morgan fingerprint density at radius 3 is 2.58 bits per heavy atom. The van der Waals surface area contributed by atoms with Gasteiger partial charge in [-0.2, -0.15) is 0 Å². The van der Waals surface area contributed by atoms with Crippen molar-refractivity contribution >= 4 is 17.9 Å². The van der Waals surface area contributed by atoms with Gasteiger partial charge in [0.15, 0.2) is 0 Å². The summed E-state index contributed by atoms with van der Waals surface area (Å²) in [4.78, 5) is 14.1. The standard InChI is InChI=1S/C24H26F4N2O2S/c1-2-33-29-21-19(30(14-24(21,27)28)22(31)23(32)10-5-11-23)13-16-7-4-9-18(20(16)26)15-6-3-8-17(25)12-15/h3-4,6-9,12,19,21,29,32H,2,5,10-11,13-14H2,1H3/t19-,21+/m0/s1. The van der Waals surface area contributed by atoms with Crippen LogP contribution in [0.5, 0.6) is 0 Å². The molecule has 1 aliphatic heterocycles. The lowest BCUT2D eigenvalue weighted by molar-refractivity contribution is -0.162. The lowest BCUT2D eigenvalue weighted by Crippen LogP contribution is -2.56. The van der Waals surface area contributed by atoms with Crippen LogP contribution >= 0.6 is 11.9 Å². The molecule has 1 aliphatic carbocycles. The smallest absolute Gasteiger partial charge is 0.283 e. The minimum Gasteiger partial charge on any atom is -0.380 e. The van der Waals surface area contributed by atoms with E-state index in [2.05, 4.69) is 4.72 Å². The molecule has 0 radical (unpaired) electrons. The number of likely N-dealkylation sites (tertiary alicyclic amines) is 1. The molecule has 0 spiro atoms. The van der Waals surface area contributed by atoms with Gasteiger partial charge in [-0.3, -0.25) is 9.52 Å². The van der Waals surface area contributed by atoms with Crippen molar-refractivity contribution in [3.8, 4) is 11.1 Å². The summed E-state index contributed by atoms with van der Waals surface area (Å²) in [7, 11) is 0. The molecule has 1 saturated carbocycles. The molecule has 2 fully saturated rings. The number of carbonyl (C=O) groups is 1. The highest BCUT2D eigenvalue weighted by Gasteiger charge is 2.59. The summed E-state index contributed by atoms with van der Waals surface area (Å²) >= 11 is 1.10. The Morgan fingerprint density at radius 2 is 1.94 bits per heavy atom. The van der Waals surface area contributed by atoms with Crippen LogP contribution < -0.4 is 4.72 Å². The van der Waals surface area contributed by atoms with E-state index in [9.17, 15) is 14.3 Å². The Bertz CT molecular complexity index is 1030. The van der Waals surface area contributed by atoms with Crippen LogP contribution in [0, 0.1) is 11.6 Å². The Balaban J connectivity index is 1.69. The van der Waals surface area contributed by atoms with E-state index in [0.29, 0.717) is 17.7 Å². The molecular weight excluding hydrogens is 456 g/mol. The molecule has 2 aromatic carbocycles. The van der Waals surface area contributed by atoms with Crippen LogP contribution in [0.15, 0.2) is 42.5 Å². The molecule has 1 heterocycles. The summed E-state index contributed by atoms with van der Waals surface area (Å²) in [5.41, 5.74) is -1.01. The normalized spacial score (nSPS) is 23.4. The Kier molecular flexibility index (Phi) is 6.75. The number of amides is 1. The van der Waals surface area contributed by atoms with Gasteiger partial charge in [-0.15, -0.1) is 0 Å². The number of nitrogens with one attached hydrogen (secondary N) is 1. The van der Waals surface area contributed by atoms with Crippen molar-refractivity contribution < 1.29 is 27.5 Å². The molecule has 1 amide bonds. The first-order valence-corrected chi connectivity index (χ1v) is 12.0. The Labute approximate surface area is 194 Å². The topological polar surface area (TPSA) is 52.6 Å². The third-order valence-electron chi connectivity index (χ3n) is 6.46. The van der Waals surface area contributed by atoms with Gasteiger partial charge in [0.05, 0.1) is 12.6 Å². The minimum atomic E-state index is -3.25. The van der Waals surface area contributed by atoms with E-state index in [-0.39, 0.29) is 30.4 Å². The van der Waals surface area contributed by atoms with Crippen molar-refractivity contribution in [3.63, 3.8) is 0 Å². The summed E-state index contributed by atoms with van der Waals surface area (Å²) in [5, 5.41) is 10.6. The van der Waals surface area contributed by atoms with E-state index in [1.165, 1.54) is 30.3 Å². The first kappa shape index (κ1) is 24.0. The molecule has 33 heavy (non-hydrogen) atoms. The fourth-order valence-electron chi connectivity index (χ4n) is 4.53. The zero-order valence-corrected chi connectivity index (χ0v) is 19.0. The Hall–Kier alpha value is -2.10. The monoisotopic (exact) mass is 482 g/mol. The number of nitrogens with zero attached hydrogens (tertiary/aromatic N) is 1. The molecule has 2 atom stereocenters. The van der Waals surface area contributed by atoms with Crippen molar-refractivity contribution in [2.24, 2.45) is 0 Å². The highest BCUT2D eigenvalue weighted by atomic mass is 32.2. The van der Waals surface area contributed by atoms with Crippen molar-refractivity contribution in [2.45, 2.75) is 56.2 Å². The van der Waals surface area contributed by atoms with E-state index in [4.69, 9.17) is 0 Å². The average molecular weight is 483 g/mol. The van der Waals surface area contributed by atoms with Gasteiger partial charge in [0, 0.05) is 11.3 Å². The van der Waals surface area contributed by atoms with Crippen LogP contribution in [0.25, 0.3) is 11.1 Å². The van der Waals surface area contributed by atoms with E-state index < -0.39 is 47.7 Å². The van der Waals surface area contributed by atoms with Crippen LogP contribution in [-0.2, 0) is 11.2 Å². The van der Waals surface area contributed by atoms with Gasteiger partial charge in [0.25, 0.3) is 11.8 Å². The van der Waals surface area contributed by atoms with Crippen LogP contribution in [0.2, 0.25) is 0 Å². The number of aliphatic hydroxyl groups is 1. The van der Waals surface area contributed by atoms with E-state index in [0.717, 1.165) is 16.8 Å². The summed E-state index contributed by atoms with van der Waals surface area (Å²) in [6.45, 7) is 0.966. The number of hydrogen-bond donors (Lipinski definition) is 2. The fraction of sp³-hybridized carbons (Fsp3) is 0.458. The van der Waals surface area contributed by atoms with Gasteiger partial charge >= 0.3 is 0 Å². The van der Waals surface area contributed by atoms with Gasteiger partial charge in [0.1, 0.15) is 23.3 Å². The maximum atomic E-state index is 15.5. The second-order valence-electron chi connectivity index (χ2n) is 8.67. The predicted molar refractivity (Wildman–Crippen MR) is 120 cm³/mol. The predicted octanol–water partition coefficient (Wildman–Crippen LogP) is 4.56. The summed E-state index contributed by atoms with van der Waals surface area (Å²) in [6, 6.07) is 7.59. The van der Waals surface area contributed by atoms with Gasteiger partial charge in [-0.1, -0.05) is 49.2 Å². The van der Waals surface area contributed by atoms with E-state index in [1.54, 1.807) is 12.1 Å². The lowest BCUT2D eigenvalue weighted by Gasteiger charge is -2.40. The molecule has 2 N–H and O–H groups in total.